The number of carbonyl (C=O) groups excluding carboxylic acids is 2. The van der Waals surface area contributed by atoms with E-state index in [-0.39, 0.29) is 18.4 Å². The number of nitrogens with zero attached hydrogens (tertiary/aromatic N) is 1. The van der Waals surface area contributed by atoms with Crippen LogP contribution in [0, 0.1) is 0 Å². The van der Waals surface area contributed by atoms with Gasteiger partial charge in [-0.25, -0.2) is 0 Å². The van der Waals surface area contributed by atoms with Crippen molar-refractivity contribution < 1.29 is 19.1 Å². The van der Waals surface area contributed by atoms with Gasteiger partial charge in [-0.1, -0.05) is 22.5 Å². The second-order valence-corrected chi connectivity index (χ2v) is 7.15. The first-order chi connectivity index (χ1) is 12.5. The van der Waals surface area contributed by atoms with Gasteiger partial charge in [-0.3, -0.25) is 9.59 Å². The van der Waals surface area contributed by atoms with Crippen LogP contribution in [0.5, 0.6) is 11.5 Å². The highest BCUT2D eigenvalue weighted by Crippen LogP contribution is 2.28. The molecular weight excluding hydrogens is 400 g/mol. The number of hydrogen-bond acceptors (Lipinski definition) is 4. The van der Waals surface area contributed by atoms with E-state index in [0.29, 0.717) is 34.7 Å². The Bertz CT molecular complexity index is 657. The number of amides is 2. The summed E-state index contributed by atoms with van der Waals surface area (Å²) < 4.78 is 11.9. The molecule has 7 heteroatoms. The number of likely N-dealkylation sites (tertiary alicyclic amines) is 1. The molecule has 0 unspecified atom stereocenters. The first-order valence-electron chi connectivity index (χ1n) is 8.80. The maximum Gasteiger partial charge on any atom is 0.260 e. The van der Waals surface area contributed by atoms with Gasteiger partial charge in [0.25, 0.3) is 11.8 Å². The molecule has 6 nitrogen and oxygen atoms in total. The minimum absolute atomic E-state index is 0.0233. The molecule has 1 aromatic carbocycles. The molecule has 0 aliphatic carbocycles. The zero-order chi connectivity index (χ0) is 18.9. The van der Waals surface area contributed by atoms with Gasteiger partial charge >= 0.3 is 0 Å². The summed E-state index contributed by atoms with van der Waals surface area (Å²) in [6.45, 7) is 7.85. The van der Waals surface area contributed by atoms with Crippen LogP contribution in [0.2, 0.25) is 0 Å². The topological polar surface area (TPSA) is 67.9 Å². The van der Waals surface area contributed by atoms with Gasteiger partial charge in [0.15, 0.2) is 18.1 Å². The van der Waals surface area contributed by atoms with Gasteiger partial charge in [0, 0.05) is 29.7 Å². The molecule has 0 bridgehead atoms. The fourth-order valence-electron chi connectivity index (χ4n) is 2.69. The second kappa shape index (κ2) is 10.2. The van der Waals surface area contributed by atoms with Gasteiger partial charge < -0.3 is 19.7 Å². The first-order valence-corrected chi connectivity index (χ1v) is 9.59. The molecule has 1 aromatic rings. The van der Waals surface area contributed by atoms with Crippen molar-refractivity contribution in [3.05, 3.63) is 34.8 Å². The number of nitrogens with one attached hydrogen (secondary N) is 1. The maximum absolute atomic E-state index is 12.2. The molecule has 1 fully saturated rings. The molecule has 142 valence electrons. The SMILES string of the molecule is C=C(Br)CNC(=O)c1ccc(OCC(=O)N2CCCCC2)c(OCC)c1. The van der Waals surface area contributed by atoms with Crippen molar-refractivity contribution in [1.82, 2.24) is 10.2 Å². The summed E-state index contributed by atoms with van der Waals surface area (Å²) in [5.41, 5.74) is 0.455. The Morgan fingerprint density at radius 3 is 2.58 bits per heavy atom. The number of ether oxygens (including phenoxy) is 2. The Balaban J connectivity index is 2.01. The Morgan fingerprint density at radius 2 is 1.92 bits per heavy atom. The number of hydrogen-bond donors (Lipinski definition) is 1. The van der Waals surface area contributed by atoms with Crippen LogP contribution < -0.4 is 14.8 Å². The number of halogens is 1. The van der Waals surface area contributed by atoms with Gasteiger partial charge in [-0.15, -0.1) is 0 Å². The Labute approximate surface area is 162 Å². The summed E-state index contributed by atoms with van der Waals surface area (Å²) in [4.78, 5) is 26.2. The molecule has 0 radical (unpaired) electrons. The summed E-state index contributed by atoms with van der Waals surface area (Å²) >= 11 is 3.20. The average Bonchev–Trinajstić information content (AvgIpc) is 2.65. The van der Waals surface area contributed by atoms with Gasteiger partial charge in [-0.2, -0.15) is 0 Å². The van der Waals surface area contributed by atoms with Crippen molar-refractivity contribution in [2.75, 3.05) is 32.8 Å². The molecule has 1 N–H and O–H groups in total. The normalized spacial score (nSPS) is 13.8. The lowest BCUT2D eigenvalue weighted by Crippen LogP contribution is -2.38. The smallest absolute Gasteiger partial charge is 0.260 e. The van der Waals surface area contributed by atoms with Crippen molar-refractivity contribution >= 4 is 27.7 Å². The van der Waals surface area contributed by atoms with Gasteiger partial charge in [0.05, 0.1) is 6.61 Å². The largest absolute Gasteiger partial charge is 0.490 e. The van der Waals surface area contributed by atoms with Crippen LogP contribution in [0.4, 0.5) is 0 Å². The van der Waals surface area contributed by atoms with E-state index in [1.165, 1.54) is 6.42 Å². The third kappa shape index (κ3) is 6.05. The summed E-state index contributed by atoms with van der Waals surface area (Å²) in [7, 11) is 0. The van der Waals surface area contributed by atoms with Crippen molar-refractivity contribution in [2.45, 2.75) is 26.2 Å². The maximum atomic E-state index is 12.2. The van der Waals surface area contributed by atoms with Crippen LogP contribution in [0.15, 0.2) is 29.3 Å². The summed E-state index contributed by atoms with van der Waals surface area (Å²) in [6.07, 6.45) is 3.26. The Morgan fingerprint density at radius 1 is 1.19 bits per heavy atom. The molecule has 0 spiro atoms. The number of carbonyl (C=O) groups is 2. The summed E-state index contributed by atoms with van der Waals surface area (Å²) in [5.74, 6) is 0.648. The van der Waals surface area contributed by atoms with E-state index in [2.05, 4.69) is 27.8 Å². The van der Waals surface area contributed by atoms with Crippen LogP contribution in [-0.4, -0.2) is 49.6 Å². The lowest BCUT2D eigenvalue weighted by molar-refractivity contribution is -0.134. The van der Waals surface area contributed by atoms with Crippen LogP contribution in [0.1, 0.15) is 36.5 Å². The fraction of sp³-hybridized carbons (Fsp3) is 0.474. The molecule has 0 aromatic heterocycles. The molecule has 1 aliphatic heterocycles. The highest BCUT2D eigenvalue weighted by atomic mass is 79.9. The third-order valence-electron chi connectivity index (χ3n) is 4.01. The van der Waals surface area contributed by atoms with Crippen LogP contribution in [0.3, 0.4) is 0 Å². The van der Waals surface area contributed by atoms with Crippen molar-refractivity contribution in [3.8, 4) is 11.5 Å². The summed E-state index contributed by atoms with van der Waals surface area (Å²) in [6, 6.07) is 4.93. The minimum Gasteiger partial charge on any atom is -0.490 e. The number of benzene rings is 1. The minimum atomic E-state index is -0.234. The quantitative estimate of drug-likeness (QED) is 0.695. The van der Waals surface area contributed by atoms with Gasteiger partial charge in [0.1, 0.15) is 0 Å². The lowest BCUT2D eigenvalue weighted by Gasteiger charge is -2.26. The van der Waals surface area contributed by atoms with Gasteiger partial charge in [-0.05, 0) is 44.4 Å². The Kier molecular flexibility index (Phi) is 7.97. The van der Waals surface area contributed by atoms with Crippen molar-refractivity contribution in [1.29, 1.82) is 0 Å². The van der Waals surface area contributed by atoms with E-state index < -0.39 is 0 Å². The first kappa shape index (κ1) is 20.3. The third-order valence-corrected chi connectivity index (χ3v) is 4.29. The zero-order valence-corrected chi connectivity index (χ0v) is 16.6. The molecule has 0 saturated carbocycles. The van der Waals surface area contributed by atoms with Gasteiger partial charge in [0.2, 0.25) is 0 Å². The number of piperidine rings is 1. The molecular formula is C19H25BrN2O4. The highest BCUT2D eigenvalue weighted by molar-refractivity contribution is 9.11. The molecule has 1 saturated heterocycles. The molecule has 2 amide bonds. The Hall–Kier alpha value is -2.02. The molecule has 26 heavy (non-hydrogen) atoms. The van der Waals surface area contributed by atoms with Crippen LogP contribution in [0.25, 0.3) is 0 Å². The van der Waals surface area contributed by atoms with E-state index >= 15 is 0 Å². The standard InChI is InChI=1S/C19H25BrN2O4/c1-3-25-17-11-15(19(24)21-12-14(2)20)7-8-16(17)26-13-18(23)22-9-5-4-6-10-22/h7-8,11H,2-6,9-10,12-13H2,1H3,(H,21,24). The number of rotatable bonds is 8. The zero-order valence-electron chi connectivity index (χ0n) is 15.1. The molecule has 1 aliphatic rings. The van der Waals surface area contributed by atoms with E-state index in [9.17, 15) is 9.59 Å². The van der Waals surface area contributed by atoms with Crippen molar-refractivity contribution in [3.63, 3.8) is 0 Å². The fourth-order valence-corrected chi connectivity index (χ4v) is 2.83. The van der Waals surface area contributed by atoms with Crippen LogP contribution >= 0.6 is 15.9 Å². The average molecular weight is 425 g/mol. The predicted octanol–water partition coefficient (Wildman–Crippen LogP) is 3.12. The predicted molar refractivity (Wildman–Crippen MR) is 104 cm³/mol. The molecule has 0 atom stereocenters. The lowest BCUT2D eigenvalue weighted by atomic mass is 10.1. The highest BCUT2D eigenvalue weighted by Gasteiger charge is 2.18. The molecule has 2 rings (SSSR count). The van der Waals surface area contributed by atoms with E-state index in [0.717, 1.165) is 25.9 Å². The van der Waals surface area contributed by atoms with E-state index in [4.69, 9.17) is 9.47 Å². The van der Waals surface area contributed by atoms with E-state index in [1.807, 2.05) is 11.8 Å². The van der Waals surface area contributed by atoms with E-state index in [1.54, 1.807) is 18.2 Å². The summed E-state index contributed by atoms with van der Waals surface area (Å²) in [5, 5.41) is 2.74. The van der Waals surface area contributed by atoms with Crippen molar-refractivity contribution in [2.24, 2.45) is 0 Å². The monoisotopic (exact) mass is 424 g/mol. The second-order valence-electron chi connectivity index (χ2n) is 6.02. The molecule has 1 heterocycles. The van der Waals surface area contributed by atoms with Crippen LogP contribution in [-0.2, 0) is 4.79 Å².